The Kier molecular flexibility index (Phi) is 6.77. The van der Waals surface area contributed by atoms with Crippen molar-refractivity contribution in [2.45, 2.75) is 40.0 Å². The van der Waals surface area contributed by atoms with Gasteiger partial charge in [0.25, 0.3) is 5.91 Å². The molecule has 0 spiro atoms. The lowest BCUT2D eigenvalue weighted by Crippen LogP contribution is -2.30. The van der Waals surface area contributed by atoms with Crippen molar-refractivity contribution in [2.24, 2.45) is 0 Å². The van der Waals surface area contributed by atoms with Gasteiger partial charge in [-0.3, -0.25) is 9.59 Å². The van der Waals surface area contributed by atoms with Crippen LogP contribution in [0.15, 0.2) is 24.3 Å². The molecule has 1 rings (SSSR count). The minimum atomic E-state index is 0.0228. The minimum absolute atomic E-state index is 0.0228. The van der Waals surface area contributed by atoms with Gasteiger partial charge < -0.3 is 10.2 Å². The van der Waals surface area contributed by atoms with Crippen molar-refractivity contribution in [1.82, 2.24) is 4.90 Å². The van der Waals surface area contributed by atoms with Gasteiger partial charge in [0.05, 0.1) is 0 Å². The Labute approximate surface area is 121 Å². The van der Waals surface area contributed by atoms with Gasteiger partial charge in [-0.15, -0.1) is 0 Å². The van der Waals surface area contributed by atoms with E-state index in [1.165, 1.54) is 0 Å². The molecule has 1 aromatic carbocycles. The number of nitrogens with zero attached hydrogens (tertiary/aromatic N) is 1. The summed E-state index contributed by atoms with van der Waals surface area (Å²) in [4.78, 5) is 25.5. The Hall–Kier alpha value is -1.84. The van der Waals surface area contributed by atoms with E-state index < -0.39 is 0 Å². The first kappa shape index (κ1) is 16.2. The van der Waals surface area contributed by atoms with Gasteiger partial charge >= 0.3 is 0 Å². The van der Waals surface area contributed by atoms with Crippen LogP contribution in [0.3, 0.4) is 0 Å². The number of carbonyl (C=O) groups is 2. The van der Waals surface area contributed by atoms with Crippen molar-refractivity contribution in [1.29, 1.82) is 0 Å². The standard InChI is InChI=1S/C16H24N2O2/c1-4-7-8-15(19)17-14-11-9-13(10-12-14)16(20)18(5-2)6-3/h9-12H,4-8H2,1-3H3,(H,17,19). The first-order valence-electron chi connectivity index (χ1n) is 7.31. The molecule has 0 atom stereocenters. The van der Waals surface area contributed by atoms with Crippen LogP contribution in [0, 0.1) is 0 Å². The van der Waals surface area contributed by atoms with Gasteiger partial charge in [0, 0.05) is 30.8 Å². The summed E-state index contributed by atoms with van der Waals surface area (Å²) in [6.07, 6.45) is 2.44. The SMILES string of the molecule is CCCCC(=O)Nc1ccc(C(=O)N(CC)CC)cc1. The van der Waals surface area contributed by atoms with E-state index in [1.54, 1.807) is 29.2 Å². The van der Waals surface area contributed by atoms with Gasteiger partial charge in [-0.1, -0.05) is 13.3 Å². The van der Waals surface area contributed by atoms with Crippen LogP contribution in [0.25, 0.3) is 0 Å². The minimum Gasteiger partial charge on any atom is -0.339 e. The maximum absolute atomic E-state index is 12.1. The lowest BCUT2D eigenvalue weighted by molar-refractivity contribution is -0.116. The molecule has 0 saturated heterocycles. The Balaban J connectivity index is 2.64. The van der Waals surface area contributed by atoms with E-state index in [4.69, 9.17) is 0 Å². The fraction of sp³-hybridized carbons (Fsp3) is 0.500. The van der Waals surface area contributed by atoms with Crippen LogP contribution >= 0.6 is 0 Å². The predicted molar refractivity (Wildman–Crippen MR) is 81.8 cm³/mol. The molecule has 0 radical (unpaired) electrons. The molecule has 1 aromatic rings. The molecule has 0 aromatic heterocycles. The average molecular weight is 276 g/mol. The molecule has 4 nitrogen and oxygen atoms in total. The van der Waals surface area contributed by atoms with Crippen molar-refractivity contribution in [3.63, 3.8) is 0 Å². The van der Waals surface area contributed by atoms with Crippen LogP contribution in [0.2, 0.25) is 0 Å². The molecule has 0 fully saturated rings. The third-order valence-electron chi connectivity index (χ3n) is 3.22. The fourth-order valence-corrected chi connectivity index (χ4v) is 1.95. The maximum atomic E-state index is 12.1. The van der Waals surface area contributed by atoms with E-state index in [0.717, 1.165) is 18.5 Å². The van der Waals surface area contributed by atoms with Crippen LogP contribution in [0.1, 0.15) is 50.4 Å². The van der Waals surface area contributed by atoms with Crippen LogP contribution in [0.4, 0.5) is 5.69 Å². The van der Waals surface area contributed by atoms with Crippen molar-refractivity contribution in [3.8, 4) is 0 Å². The third kappa shape index (κ3) is 4.68. The molecule has 4 heteroatoms. The van der Waals surface area contributed by atoms with Gasteiger partial charge in [-0.25, -0.2) is 0 Å². The van der Waals surface area contributed by atoms with Crippen molar-refractivity contribution in [2.75, 3.05) is 18.4 Å². The molecule has 20 heavy (non-hydrogen) atoms. The molecular weight excluding hydrogens is 252 g/mol. The molecule has 0 aliphatic rings. The molecule has 110 valence electrons. The highest BCUT2D eigenvalue weighted by Crippen LogP contribution is 2.12. The monoisotopic (exact) mass is 276 g/mol. The van der Waals surface area contributed by atoms with Crippen LogP contribution in [-0.2, 0) is 4.79 Å². The summed E-state index contributed by atoms with van der Waals surface area (Å²) in [5.41, 5.74) is 1.39. The Morgan fingerprint density at radius 2 is 1.65 bits per heavy atom. The van der Waals surface area contributed by atoms with Gasteiger partial charge in [0.1, 0.15) is 0 Å². The summed E-state index contributed by atoms with van der Waals surface area (Å²) in [5, 5.41) is 2.84. The smallest absolute Gasteiger partial charge is 0.253 e. The molecule has 2 amide bonds. The summed E-state index contributed by atoms with van der Waals surface area (Å²) in [5.74, 6) is 0.0496. The maximum Gasteiger partial charge on any atom is 0.253 e. The number of amides is 2. The zero-order valence-electron chi connectivity index (χ0n) is 12.6. The lowest BCUT2D eigenvalue weighted by atomic mass is 10.1. The molecule has 0 saturated carbocycles. The van der Waals surface area contributed by atoms with Gasteiger partial charge in [-0.05, 0) is 44.5 Å². The molecular formula is C16H24N2O2. The predicted octanol–water partition coefficient (Wildman–Crippen LogP) is 3.30. The van der Waals surface area contributed by atoms with E-state index in [1.807, 2.05) is 13.8 Å². The first-order valence-corrected chi connectivity index (χ1v) is 7.31. The number of hydrogen-bond donors (Lipinski definition) is 1. The topological polar surface area (TPSA) is 49.4 Å². The van der Waals surface area contributed by atoms with Gasteiger partial charge in [0.15, 0.2) is 0 Å². The summed E-state index contributed by atoms with van der Waals surface area (Å²) >= 11 is 0. The molecule has 0 aliphatic heterocycles. The van der Waals surface area contributed by atoms with Crippen LogP contribution in [0.5, 0.6) is 0 Å². The highest BCUT2D eigenvalue weighted by Gasteiger charge is 2.12. The summed E-state index contributed by atoms with van der Waals surface area (Å²) in [7, 11) is 0. The summed E-state index contributed by atoms with van der Waals surface area (Å²) in [6, 6.07) is 7.08. The third-order valence-corrected chi connectivity index (χ3v) is 3.22. The van der Waals surface area contributed by atoms with E-state index in [-0.39, 0.29) is 11.8 Å². The number of nitrogens with one attached hydrogen (secondary N) is 1. The molecule has 0 unspecified atom stereocenters. The summed E-state index contributed by atoms with van der Waals surface area (Å²) < 4.78 is 0. The lowest BCUT2D eigenvalue weighted by Gasteiger charge is -2.18. The molecule has 1 N–H and O–H groups in total. The second-order valence-electron chi connectivity index (χ2n) is 4.71. The van der Waals surface area contributed by atoms with Gasteiger partial charge in [-0.2, -0.15) is 0 Å². The zero-order valence-corrected chi connectivity index (χ0v) is 12.6. The number of carbonyl (C=O) groups excluding carboxylic acids is 2. The normalized spacial score (nSPS) is 10.2. The van der Waals surface area contributed by atoms with E-state index in [2.05, 4.69) is 12.2 Å². The van der Waals surface area contributed by atoms with Crippen molar-refractivity contribution >= 4 is 17.5 Å². The summed E-state index contributed by atoms with van der Waals surface area (Å²) in [6.45, 7) is 7.38. The fourth-order valence-electron chi connectivity index (χ4n) is 1.95. The number of hydrogen-bond acceptors (Lipinski definition) is 2. The van der Waals surface area contributed by atoms with E-state index >= 15 is 0 Å². The van der Waals surface area contributed by atoms with E-state index in [9.17, 15) is 9.59 Å². The van der Waals surface area contributed by atoms with Crippen LogP contribution < -0.4 is 5.32 Å². The molecule has 0 aliphatic carbocycles. The second-order valence-corrected chi connectivity index (χ2v) is 4.71. The quantitative estimate of drug-likeness (QED) is 0.830. The van der Waals surface area contributed by atoms with Crippen LogP contribution in [-0.4, -0.2) is 29.8 Å². The zero-order chi connectivity index (χ0) is 15.0. The van der Waals surface area contributed by atoms with Gasteiger partial charge in [0.2, 0.25) is 5.91 Å². The number of unbranched alkanes of at least 4 members (excludes halogenated alkanes) is 1. The Morgan fingerprint density at radius 1 is 1.05 bits per heavy atom. The van der Waals surface area contributed by atoms with Crippen molar-refractivity contribution in [3.05, 3.63) is 29.8 Å². The highest BCUT2D eigenvalue weighted by atomic mass is 16.2. The molecule has 0 heterocycles. The molecule has 0 bridgehead atoms. The number of rotatable bonds is 7. The first-order chi connectivity index (χ1) is 9.62. The van der Waals surface area contributed by atoms with E-state index in [0.29, 0.717) is 25.1 Å². The highest BCUT2D eigenvalue weighted by molar-refractivity contribution is 5.95. The number of anilines is 1. The Bertz CT molecular complexity index is 436. The Morgan fingerprint density at radius 3 is 2.15 bits per heavy atom. The second kappa shape index (κ2) is 8.35. The van der Waals surface area contributed by atoms with Crippen molar-refractivity contribution < 1.29 is 9.59 Å². The number of benzene rings is 1. The average Bonchev–Trinajstić information content (AvgIpc) is 2.47. The largest absolute Gasteiger partial charge is 0.339 e.